The van der Waals surface area contributed by atoms with Gasteiger partial charge in [0.1, 0.15) is 5.69 Å². The van der Waals surface area contributed by atoms with E-state index in [1.807, 2.05) is 24.7 Å². The van der Waals surface area contributed by atoms with E-state index < -0.39 is 0 Å². The van der Waals surface area contributed by atoms with Gasteiger partial charge < -0.3 is 4.74 Å². The number of ether oxygens (including phenoxy) is 1. The summed E-state index contributed by atoms with van der Waals surface area (Å²) in [4.78, 5) is 0. The van der Waals surface area contributed by atoms with E-state index in [1.165, 1.54) is 0 Å². The highest BCUT2D eigenvalue weighted by Crippen LogP contribution is 2.15. The predicted octanol–water partition coefficient (Wildman–Crippen LogP) is 3.26. The molecule has 0 aliphatic carbocycles. The lowest BCUT2D eigenvalue weighted by molar-refractivity contribution is 0.0633. The Labute approximate surface area is 96.4 Å². The Morgan fingerprint density at radius 1 is 1.53 bits per heavy atom. The van der Waals surface area contributed by atoms with Crippen molar-refractivity contribution in [2.24, 2.45) is 0 Å². The molecule has 0 N–H and O–H groups in total. The van der Waals surface area contributed by atoms with Crippen molar-refractivity contribution >= 4 is 11.6 Å². The van der Waals surface area contributed by atoms with Crippen LogP contribution in [-0.4, -0.2) is 15.9 Å². The van der Waals surface area contributed by atoms with Crippen LogP contribution in [0.1, 0.15) is 39.3 Å². The summed E-state index contributed by atoms with van der Waals surface area (Å²) in [5, 5.41) is 5.08. The molecule has 0 saturated carbocycles. The minimum atomic E-state index is 0.210. The molecule has 0 aromatic carbocycles. The van der Waals surface area contributed by atoms with E-state index in [4.69, 9.17) is 16.3 Å². The third-order valence-electron chi connectivity index (χ3n) is 2.08. The van der Waals surface area contributed by atoms with Crippen molar-refractivity contribution in [3.05, 3.63) is 16.9 Å². The predicted molar refractivity (Wildman–Crippen MR) is 62.1 cm³/mol. The summed E-state index contributed by atoms with van der Waals surface area (Å²) in [6.45, 7) is 7.59. The second-order valence-corrected chi connectivity index (χ2v) is 4.31. The molecule has 4 heteroatoms. The number of aromatic nitrogens is 2. The Hall–Kier alpha value is -0.540. The number of nitrogens with zero attached hydrogens (tertiary/aromatic N) is 2. The van der Waals surface area contributed by atoms with Crippen LogP contribution in [0.3, 0.4) is 0 Å². The second kappa shape index (κ2) is 6.13. The van der Waals surface area contributed by atoms with Gasteiger partial charge in [-0.25, -0.2) is 0 Å². The van der Waals surface area contributed by atoms with Gasteiger partial charge in [-0.1, -0.05) is 24.9 Å². The molecule has 0 radical (unpaired) electrons. The summed E-state index contributed by atoms with van der Waals surface area (Å²) >= 11 is 6.04. The maximum atomic E-state index is 6.04. The number of rotatable bonds is 6. The molecular weight excluding hydrogens is 212 g/mol. The van der Waals surface area contributed by atoms with Crippen molar-refractivity contribution in [3.8, 4) is 0 Å². The van der Waals surface area contributed by atoms with Gasteiger partial charge in [0.05, 0.1) is 17.7 Å². The molecule has 0 aliphatic rings. The minimum Gasteiger partial charge on any atom is -0.372 e. The molecular formula is C11H19ClN2O. The summed E-state index contributed by atoms with van der Waals surface area (Å²) in [5.74, 6) is 0. The zero-order chi connectivity index (χ0) is 11.3. The Kier molecular flexibility index (Phi) is 5.12. The first-order valence-electron chi connectivity index (χ1n) is 5.47. The molecule has 86 valence electrons. The molecule has 1 heterocycles. The van der Waals surface area contributed by atoms with Gasteiger partial charge in [-0.2, -0.15) is 5.10 Å². The van der Waals surface area contributed by atoms with E-state index in [0.717, 1.165) is 25.1 Å². The number of hydrogen-bond acceptors (Lipinski definition) is 2. The first-order chi connectivity index (χ1) is 7.13. The molecule has 0 saturated heterocycles. The summed E-state index contributed by atoms with van der Waals surface area (Å²) in [5.41, 5.74) is 0.835. The molecule has 15 heavy (non-hydrogen) atoms. The summed E-state index contributed by atoms with van der Waals surface area (Å²) < 4.78 is 7.36. The average Bonchev–Trinajstić information content (AvgIpc) is 2.53. The molecule has 0 bridgehead atoms. The summed E-state index contributed by atoms with van der Waals surface area (Å²) in [7, 11) is 0. The third-order valence-corrected chi connectivity index (χ3v) is 2.40. The Morgan fingerprint density at radius 3 is 2.87 bits per heavy atom. The standard InChI is InChI=1S/C11H19ClN2O/c1-4-5-6-14-7-10(12)11(13-14)8-15-9(2)3/h7,9H,4-6,8H2,1-3H3. The zero-order valence-electron chi connectivity index (χ0n) is 9.66. The van der Waals surface area contributed by atoms with Crippen LogP contribution >= 0.6 is 11.6 Å². The number of aryl methyl sites for hydroxylation is 1. The topological polar surface area (TPSA) is 27.1 Å². The van der Waals surface area contributed by atoms with Gasteiger partial charge in [0.15, 0.2) is 0 Å². The van der Waals surface area contributed by atoms with Crippen LogP contribution in [0, 0.1) is 0 Å². The van der Waals surface area contributed by atoms with Crippen molar-refractivity contribution < 1.29 is 4.74 Å². The largest absolute Gasteiger partial charge is 0.372 e. The Balaban J connectivity index is 2.52. The van der Waals surface area contributed by atoms with Crippen molar-refractivity contribution in [1.29, 1.82) is 0 Å². The van der Waals surface area contributed by atoms with Gasteiger partial charge in [0, 0.05) is 12.7 Å². The second-order valence-electron chi connectivity index (χ2n) is 3.90. The number of unbranched alkanes of at least 4 members (excludes halogenated alkanes) is 1. The summed E-state index contributed by atoms with van der Waals surface area (Å²) in [6, 6.07) is 0. The highest BCUT2D eigenvalue weighted by Gasteiger charge is 2.07. The molecule has 1 aromatic heterocycles. The van der Waals surface area contributed by atoms with Crippen molar-refractivity contribution in [2.45, 2.75) is 52.9 Å². The van der Waals surface area contributed by atoms with Crippen LogP contribution in [-0.2, 0) is 17.9 Å². The lowest BCUT2D eigenvalue weighted by Gasteiger charge is -2.05. The van der Waals surface area contributed by atoms with Crippen molar-refractivity contribution in [3.63, 3.8) is 0 Å². The van der Waals surface area contributed by atoms with Crippen molar-refractivity contribution in [2.75, 3.05) is 0 Å². The van der Waals surface area contributed by atoms with E-state index >= 15 is 0 Å². The van der Waals surface area contributed by atoms with Gasteiger partial charge in [0.25, 0.3) is 0 Å². The highest BCUT2D eigenvalue weighted by atomic mass is 35.5. The van der Waals surface area contributed by atoms with E-state index in [2.05, 4.69) is 12.0 Å². The van der Waals surface area contributed by atoms with Crippen LogP contribution < -0.4 is 0 Å². The van der Waals surface area contributed by atoms with Gasteiger partial charge >= 0.3 is 0 Å². The van der Waals surface area contributed by atoms with Crippen LogP contribution in [0.2, 0.25) is 5.02 Å². The fourth-order valence-electron chi connectivity index (χ4n) is 1.22. The van der Waals surface area contributed by atoms with E-state index in [1.54, 1.807) is 0 Å². The lowest BCUT2D eigenvalue weighted by Crippen LogP contribution is -2.04. The molecule has 1 aromatic rings. The van der Waals surface area contributed by atoms with Gasteiger partial charge in [-0.15, -0.1) is 0 Å². The third kappa shape index (κ3) is 4.22. The summed E-state index contributed by atoms with van der Waals surface area (Å²) in [6.07, 6.45) is 4.37. The number of halogens is 1. The van der Waals surface area contributed by atoms with Gasteiger partial charge in [-0.05, 0) is 20.3 Å². The van der Waals surface area contributed by atoms with Crippen LogP contribution in [0.25, 0.3) is 0 Å². The smallest absolute Gasteiger partial charge is 0.107 e. The SMILES string of the molecule is CCCCn1cc(Cl)c(COC(C)C)n1. The van der Waals surface area contributed by atoms with E-state index in [9.17, 15) is 0 Å². The molecule has 0 fully saturated rings. The van der Waals surface area contributed by atoms with Gasteiger partial charge in [0.2, 0.25) is 0 Å². The van der Waals surface area contributed by atoms with Crippen LogP contribution in [0.5, 0.6) is 0 Å². The van der Waals surface area contributed by atoms with E-state index in [-0.39, 0.29) is 6.10 Å². The number of hydrogen-bond donors (Lipinski definition) is 0. The lowest BCUT2D eigenvalue weighted by atomic mass is 10.3. The Morgan fingerprint density at radius 2 is 2.27 bits per heavy atom. The molecule has 0 spiro atoms. The first-order valence-corrected chi connectivity index (χ1v) is 5.84. The fourth-order valence-corrected chi connectivity index (χ4v) is 1.42. The molecule has 1 rings (SSSR count). The normalized spacial score (nSPS) is 11.3. The monoisotopic (exact) mass is 230 g/mol. The average molecular weight is 231 g/mol. The zero-order valence-corrected chi connectivity index (χ0v) is 10.4. The fraction of sp³-hybridized carbons (Fsp3) is 0.727. The molecule has 0 amide bonds. The Bertz CT molecular complexity index is 297. The molecule has 0 atom stereocenters. The maximum absolute atomic E-state index is 6.04. The van der Waals surface area contributed by atoms with Crippen LogP contribution in [0.15, 0.2) is 6.20 Å². The molecule has 0 unspecified atom stereocenters. The van der Waals surface area contributed by atoms with E-state index in [0.29, 0.717) is 11.6 Å². The minimum absolute atomic E-state index is 0.210. The molecule has 0 aliphatic heterocycles. The quantitative estimate of drug-likeness (QED) is 0.750. The molecule has 3 nitrogen and oxygen atoms in total. The maximum Gasteiger partial charge on any atom is 0.107 e. The van der Waals surface area contributed by atoms with Crippen molar-refractivity contribution in [1.82, 2.24) is 9.78 Å². The van der Waals surface area contributed by atoms with Gasteiger partial charge in [-0.3, -0.25) is 4.68 Å². The van der Waals surface area contributed by atoms with Crippen LogP contribution in [0.4, 0.5) is 0 Å². The highest BCUT2D eigenvalue weighted by molar-refractivity contribution is 6.31. The first kappa shape index (κ1) is 12.5.